The Bertz CT molecular complexity index is 688. The third-order valence-electron chi connectivity index (χ3n) is 4.19. The second-order valence-electron chi connectivity index (χ2n) is 5.69. The van der Waals surface area contributed by atoms with Gasteiger partial charge in [0.05, 0.1) is 4.92 Å². The van der Waals surface area contributed by atoms with Crippen LogP contribution in [0.1, 0.15) is 17.5 Å². The van der Waals surface area contributed by atoms with E-state index in [9.17, 15) is 18.5 Å². The van der Waals surface area contributed by atoms with Gasteiger partial charge in [-0.1, -0.05) is 6.07 Å². The second kappa shape index (κ2) is 6.31. The molecule has 1 heterocycles. The molecule has 8 heteroatoms. The summed E-state index contributed by atoms with van der Waals surface area (Å²) in [7, 11) is -2.03. The quantitative estimate of drug-likeness (QED) is 0.652. The van der Waals surface area contributed by atoms with Crippen molar-refractivity contribution in [3.05, 3.63) is 33.4 Å². The molecule has 7 nitrogen and oxygen atoms in total. The van der Waals surface area contributed by atoms with Crippen molar-refractivity contribution in [1.29, 1.82) is 0 Å². The maximum Gasteiger partial charge on any atom is 0.289 e. The SMILES string of the molecule is CNCC1CCN(S(=O)(=O)c2c([N+](=O)[O-])ccc(C)c2C)C1. The van der Waals surface area contributed by atoms with Gasteiger partial charge in [-0.3, -0.25) is 10.1 Å². The molecule has 1 unspecified atom stereocenters. The fourth-order valence-corrected chi connectivity index (χ4v) is 4.81. The number of aryl methyl sites for hydroxylation is 1. The van der Waals surface area contributed by atoms with E-state index in [1.165, 1.54) is 10.4 Å². The summed E-state index contributed by atoms with van der Waals surface area (Å²) >= 11 is 0. The largest absolute Gasteiger partial charge is 0.319 e. The number of nitro benzene ring substituents is 1. The van der Waals surface area contributed by atoms with Gasteiger partial charge in [-0.15, -0.1) is 0 Å². The van der Waals surface area contributed by atoms with Crippen LogP contribution in [-0.2, 0) is 10.0 Å². The molecule has 0 amide bonds. The van der Waals surface area contributed by atoms with Gasteiger partial charge in [0.25, 0.3) is 5.69 Å². The minimum atomic E-state index is -3.85. The molecule has 1 aromatic carbocycles. The summed E-state index contributed by atoms with van der Waals surface area (Å²) in [5, 5.41) is 14.3. The Morgan fingerprint density at radius 2 is 2.09 bits per heavy atom. The van der Waals surface area contributed by atoms with Gasteiger partial charge in [0.1, 0.15) is 0 Å². The lowest BCUT2D eigenvalue weighted by molar-refractivity contribution is -0.388. The molecular weight excluding hydrogens is 306 g/mol. The highest BCUT2D eigenvalue weighted by Crippen LogP contribution is 2.33. The van der Waals surface area contributed by atoms with Crippen LogP contribution in [-0.4, -0.2) is 44.3 Å². The Labute approximate surface area is 130 Å². The van der Waals surface area contributed by atoms with Crippen LogP contribution in [0.3, 0.4) is 0 Å². The Hall–Kier alpha value is -1.51. The van der Waals surface area contributed by atoms with Crippen molar-refractivity contribution in [2.45, 2.75) is 25.2 Å². The maximum atomic E-state index is 12.9. The van der Waals surface area contributed by atoms with E-state index in [1.807, 2.05) is 7.05 Å². The first-order valence-corrected chi connectivity index (χ1v) is 8.62. The summed E-state index contributed by atoms with van der Waals surface area (Å²) in [4.78, 5) is 10.4. The van der Waals surface area contributed by atoms with Gasteiger partial charge in [0.2, 0.25) is 10.0 Å². The van der Waals surface area contributed by atoms with Crippen LogP contribution in [0.2, 0.25) is 0 Å². The lowest BCUT2D eigenvalue weighted by Crippen LogP contribution is -2.31. The number of hydrogen-bond acceptors (Lipinski definition) is 5. The molecule has 122 valence electrons. The monoisotopic (exact) mass is 327 g/mol. The molecule has 0 aromatic heterocycles. The fraction of sp³-hybridized carbons (Fsp3) is 0.571. The second-order valence-corrected chi connectivity index (χ2v) is 7.56. The molecule has 0 radical (unpaired) electrons. The molecular formula is C14H21N3O4S. The molecule has 22 heavy (non-hydrogen) atoms. The first-order chi connectivity index (χ1) is 10.3. The molecule has 0 bridgehead atoms. The van der Waals surface area contributed by atoms with Crippen LogP contribution in [0.4, 0.5) is 5.69 Å². The molecule has 1 aliphatic rings. The van der Waals surface area contributed by atoms with Gasteiger partial charge in [-0.05, 0) is 50.9 Å². The van der Waals surface area contributed by atoms with Crippen LogP contribution in [0.15, 0.2) is 17.0 Å². The minimum Gasteiger partial charge on any atom is -0.319 e. The van der Waals surface area contributed by atoms with Crippen LogP contribution in [0, 0.1) is 29.9 Å². The average molecular weight is 327 g/mol. The number of rotatable bonds is 5. The molecule has 1 saturated heterocycles. The molecule has 1 aromatic rings. The summed E-state index contributed by atoms with van der Waals surface area (Å²) in [5.74, 6) is 0.240. The van der Waals surface area contributed by atoms with Crippen molar-refractivity contribution in [3.8, 4) is 0 Å². The predicted molar refractivity (Wildman–Crippen MR) is 83.4 cm³/mol. The number of hydrogen-bond donors (Lipinski definition) is 1. The average Bonchev–Trinajstić information content (AvgIpc) is 2.91. The van der Waals surface area contributed by atoms with Crippen molar-refractivity contribution in [3.63, 3.8) is 0 Å². The summed E-state index contributed by atoms with van der Waals surface area (Å²) in [6.07, 6.45) is 0.763. The first kappa shape index (κ1) is 16.9. The lowest BCUT2D eigenvalue weighted by Gasteiger charge is -2.18. The van der Waals surface area contributed by atoms with Crippen molar-refractivity contribution in [2.75, 3.05) is 26.7 Å². The van der Waals surface area contributed by atoms with E-state index in [4.69, 9.17) is 0 Å². The van der Waals surface area contributed by atoms with Crippen molar-refractivity contribution in [1.82, 2.24) is 9.62 Å². The molecule has 1 fully saturated rings. The number of nitrogens with zero attached hydrogens (tertiary/aromatic N) is 2. The van der Waals surface area contributed by atoms with E-state index >= 15 is 0 Å². The minimum absolute atomic E-state index is 0.164. The molecule has 1 atom stereocenters. The molecule has 0 aliphatic carbocycles. The van der Waals surface area contributed by atoms with E-state index in [0.717, 1.165) is 18.5 Å². The zero-order valence-corrected chi connectivity index (χ0v) is 13.8. The van der Waals surface area contributed by atoms with Crippen LogP contribution >= 0.6 is 0 Å². The topological polar surface area (TPSA) is 92.6 Å². The highest BCUT2D eigenvalue weighted by molar-refractivity contribution is 7.89. The number of sulfonamides is 1. The molecule has 0 saturated carbocycles. The van der Waals surface area contributed by atoms with Gasteiger partial charge in [-0.25, -0.2) is 8.42 Å². The molecule has 2 rings (SSSR count). The zero-order valence-electron chi connectivity index (χ0n) is 13.0. The van der Waals surface area contributed by atoms with Crippen molar-refractivity contribution < 1.29 is 13.3 Å². The van der Waals surface area contributed by atoms with Gasteiger partial charge < -0.3 is 5.32 Å². The summed E-state index contributed by atoms with van der Waals surface area (Å²) < 4.78 is 27.1. The zero-order chi connectivity index (χ0) is 16.5. The molecule has 1 N–H and O–H groups in total. The Morgan fingerprint density at radius 3 is 2.68 bits per heavy atom. The first-order valence-electron chi connectivity index (χ1n) is 7.18. The summed E-state index contributed by atoms with van der Waals surface area (Å²) in [5.41, 5.74) is 0.835. The van der Waals surface area contributed by atoms with Crippen molar-refractivity contribution in [2.24, 2.45) is 5.92 Å². The normalized spacial score (nSPS) is 19.5. The van der Waals surface area contributed by atoms with Crippen LogP contribution in [0.5, 0.6) is 0 Å². The Morgan fingerprint density at radius 1 is 1.41 bits per heavy atom. The number of nitro groups is 1. The predicted octanol–water partition coefficient (Wildman–Crippen LogP) is 1.44. The molecule has 0 spiro atoms. The number of benzene rings is 1. The Kier molecular flexibility index (Phi) is 4.84. The fourth-order valence-electron chi connectivity index (χ4n) is 2.85. The van der Waals surface area contributed by atoms with Crippen LogP contribution < -0.4 is 5.32 Å². The van der Waals surface area contributed by atoms with Crippen LogP contribution in [0.25, 0.3) is 0 Å². The smallest absolute Gasteiger partial charge is 0.289 e. The van der Waals surface area contributed by atoms with Gasteiger partial charge in [-0.2, -0.15) is 4.31 Å². The standard InChI is InChI=1S/C14H21N3O4S/c1-10-4-5-13(17(18)19)14(11(10)2)22(20,21)16-7-6-12(9-16)8-15-3/h4-5,12,15H,6-9H2,1-3H3. The lowest BCUT2D eigenvalue weighted by atomic mass is 10.1. The van der Waals surface area contributed by atoms with E-state index in [1.54, 1.807) is 19.9 Å². The third-order valence-corrected chi connectivity index (χ3v) is 6.23. The van der Waals surface area contributed by atoms with Gasteiger partial charge >= 0.3 is 0 Å². The van der Waals surface area contributed by atoms with Gasteiger partial charge in [0.15, 0.2) is 4.90 Å². The van der Waals surface area contributed by atoms with Gasteiger partial charge in [0, 0.05) is 19.2 Å². The maximum absolute atomic E-state index is 12.9. The molecule has 1 aliphatic heterocycles. The third kappa shape index (κ3) is 2.99. The van der Waals surface area contributed by atoms with E-state index < -0.39 is 14.9 Å². The summed E-state index contributed by atoms with van der Waals surface area (Å²) in [6.45, 7) is 4.91. The van der Waals surface area contributed by atoms with E-state index in [2.05, 4.69) is 5.32 Å². The highest BCUT2D eigenvalue weighted by atomic mass is 32.2. The Balaban J connectivity index is 2.46. The summed E-state index contributed by atoms with van der Waals surface area (Å²) in [6, 6.07) is 2.86. The van der Waals surface area contributed by atoms with E-state index in [0.29, 0.717) is 18.7 Å². The van der Waals surface area contributed by atoms with E-state index in [-0.39, 0.29) is 16.5 Å². The highest BCUT2D eigenvalue weighted by Gasteiger charge is 2.37. The van der Waals surface area contributed by atoms with Crippen molar-refractivity contribution >= 4 is 15.7 Å². The number of nitrogens with one attached hydrogen (secondary N) is 1.